The zero-order chi connectivity index (χ0) is 19.1. The van der Waals surface area contributed by atoms with Crippen LogP contribution >= 0.6 is 15.9 Å². The zero-order valence-electron chi connectivity index (χ0n) is 15.0. The van der Waals surface area contributed by atoms with E-state index in [9.17, 15) is 4.39 Å². The number of nitrogens with zero attached hydrogens (tertiary/aromatic N) is 3. The molecule has 0 bridgehead atoms. The Morgan fingerprint density at radius 2 is 2.18 bits per heavy atom. The maximum Gasteiger partial charge on any atom is 0.148 e. The standard InChI is InChI=1S/C21H18BrFN4O/c22-16-12-25-27-20(24-11-13-5-6-19-14(9-13)7-8-28-19)10-18(26-21(16)27)15-3-1-2-4-17(15)23/h1-6,9-10,12,16,21,26H,7-8,11H2. The minimum atomic E-state index is -0.266. The van der Waals surface area contributed by atoms with Gasteiger partial charge in [-0.1, -0.05) is 40.2 Å². The lowest BCUT2D eigenvalue weighted by Gasteiger charge is -2.33. The van der Waals surface area contributed by atoms with Gasteiger partial charge in [0, 0.05) is 30.0 Å². The third-order valence-electron chi connectivity index (χ3n) is 5.05. The van der Waals surface area contributed by atoms with E-state index < -0.39 is 0 Å². The molecule has 0 saturated carbocycles. The second-order valence-electron chi connectivity index (χ2n) is 6.90. The molecule has 0 saturated heterocycles. The van der Waals surface area contributed by atoms with Crippen LogP contribution in [0.2, 0.25) is 0 Å². The summed E-state index contributed by atoms with van der Waals surface area (Å²) >= 11 is 3.61. The van der Waals surface area contributed by atoms with E-state index in [-0.39, 0.29) is 16.8 Å². The van der Waals surface area contributed by atoms with Crippen LogP contribution in [0.4, 0.5) is 4.39 Å². The van der Waals surface area contributed by atoms with Crippen LogP contribution in [0.1, 0.15) is 16.7 Å². The fraction of sp³-hybridized carbons (Fsp3) is 0.238. The van der Waals surface area contributed by atoms with Crippen molar-refractivity contribution in [2.75, 3.05) is 6.61 Å². The van der Waals surface area contributed by atoms with Crippen LogP contribution in [-0.4, -0.2) is 34.7 Å². The molecule has 2 aromatic carbocycles. The number of hydrazone groups is 1. The van der Waals surface area contributed by atoms with Crippen LogP contribution in [0, 0.1) is 5.82 Å². The van der Waals surface area contributed by atoms with Gasteiger partial charge in [-0.05, 0) is 29.3 Å². The van der Waals surface area contributed by atoms with Gasteiger partial charge in [0.15, 0.2) is 0 Å². The van der Waals surface area contributed by atoms with Crippen LogP contribution in [0.25, 0.3) is 5.70 Å². The summed E-state index contributed by atoms with van der Waals surface area (Å²) < 4.78 is 19.9. The highest BCUT2D eigenvalue weighted by molar-refractivity contribution is 9.10. The molecule has 2 unspecified atom stereocenters. The molecule has 0 fully saturated rings. The van der Waals surface area contributed by atoms with Crippen molar-refractivity contribution in [1.82, 2.24) is 10.3 Å². The summed E-state index contributed by atoms with van der Waals surface area (Å²) in [6.07, 6.45) is 4.46. The van der Waals surface area contributed by atoms with Crippen LogP contribution in [0.5, 0.6) is 5.75 Å². The van der Waals surface area contributed by atoms with Crippen molar-refractivity contribution in [3.63, 3.8) is 0 Å². The summed E-state index contributed by atoms with van der Waals surface area (Å²) in [6.45, 7) is 1.26. The second kappa shape index (κ2) is 7.05. The Kier molecular flexibility index (Phi) is 4.39. The Labute approximate surface area is 170 Å². The third-order valence-corrected chi connectivity index (χ3v) is 5.79. The van der Waals surface area contributed by atoms with Crippen molar-refractivity contribution >= 4 is 33.7 Å². The van der Waals surface area contributed by atoms with Crippen molar-refractivity contribution in [3.05, 3.63) is 71.0 Å². The molecular formula is C21H18BrFN4O. The minimum absolute atomic E-state index is 0.00492. The Hall–Kier alpha value is -2.67. The molecule has 2 aromatic rings. The smallest absolute Gasteiger partial charge is 0.148 e. The molecule has 3 aliphatic rings. The van der Waals surface area contributed by atoms with Crippen molar-refractivity contribution < 1.29 is 9.13 Å². The van der Waals surface area contributed by atoms with Crippen molar-refractivity contribution in [3.8, 4) is 5.75 Å². The number of hydrogen-bond donors (Lipinski definition) is 1. The zero-order valence-corrected chi connectivity index (χ0v) is 16.6. The first-order chi connectivity index (χ1) is 13.7. The number of ether oxygens (including phenoxy) is 1. The number of hydrogen-bond acceptors (Lipinski definition) is 4. The van der Waals surface area contributed by atoms with Gasteiger partial charge in [-0.25, -0.2) is 9.40 Å². The first-order valence-corrected chi connectivity index (χ1v) is 10.1. The molecule has 3 heterocycles. The molecule has 3 aliphatic heterocycles. The van der Waals surface area contributed by atoms with Gasteiger partial charge in [-0.3, -0.25) is 4.99 Å². The quantitative estimate of drug-likeness (QED) is 0.740. The number of halogens is 2. The normalized spacial score (nSPS) is 23.9. The number of amidine groups is 1. The number of rotatable bonds is 3. The topological polar surface area (TPSA) is 49.2 Å². The maximum atomic E-state index is 14.3. The summed E-state index contributed by atoms with van der Waals surface area (Å²) in [4.78, 5) is 4.79. The number of benzene rings is 2. The molecule has 0 spiro atoms. The van der Waals surface area contributed by atoms with Crippen molar-refractivity contribution in [1.29, 1.82) is 0 Å². The summed E-state index contributed by atoms with van der Waals surface area (Å²) in [5, 5.41) is 9.65. The Morgan fingerprint density at radius 1 is 1.29 bits per heavy atom. The lowest BCUT2D eigenvalue weighted by atomic mass is 10.1. The molecule has 7 heteroatoms. The lowest BCUT2D eigenvalue weighted by Crippen LogP contribution is -2.50. The largest absolute Gasteiger partial charge is 0.493 e. The van der Waals surface area contributed by atoms with E-state index in [4.69, 9.17) is 9.73 Å². The van der Waals surface area contributed by atoms with Gasteiger partial charge < -0.3 is 10.1 Å². The van der Waals surface area contributed by atoms with Crippen LogP contribution in [0.15, 0.2) is 58.6 Å². The van der Waals surface area contributed by atoms with Gasteiger partial charge in [0.2, 0.25) is 0 Å². The Balaban J connectivity index is 1.48. The monoisotopic (exact) mass is 440 g/mol. The van der Waals surface area contributed by atoms with Crippen molar-refractivity contribution in [2.24, 2.45) is 10.1 Å². The van der Waals surface area contributed by atoms with E-state index in [1.807, 2.05) is 35.5 Å². The summed E-state index contributed by atoms with van der Waals surface area (Å²) in [7, 11) is 0. The Bertz CT molecular complexity index is 1020. The van der Waals surface area contributed by atoms with E-state index in [1.165, 1.54) is 11.6 Å². The van der Waals surface area contributed by atoms with E-state index in [2.05, 4.69) is 32.4 Å². The molecular weight excluding hydrogens is 423 g/mol. The third kappa shape index (κ3) is 3.09. The molecule has 0 aliphatic carbocycles. The summed E-state index contributed by atoms with van der Waals surface area (Å²) in [5.74, 6) is 1.40. The second-order valence-corrected chi connectivity index (χ2v) is 7.95. The highest BCUT2D eigenvalue weighted by Crippen LogP contribution is 2.29. The molecule has 5 nitrogen and oxygen atoms in total. The van der Waals surface area contributed by atoms with E-state index in [0.717, 1.165) is 24.3 Å². The van der Waals surface area contributed by atoms with Gasteiger partial charge in [0.1, 0.15) is 23.6 Å². The van der Waals surface area contributed by atoms with Gasteiger partial charge >= 0.3 is 0 Å². The highest BCUT2D eigenvalue weighted by atomic mass is 79.9. The predicted molar refractivity (Wildman–Crippen MR) is 111 cm³/mol. The maximum absolute atomic E-state index is 14.3. The van der Waals surface area contributed by atoms with Gasteiger partial charge in [0.05, 0.1) is 18.0 Å². The van der Waals surface area contributed by atoms with Crippen LogP contribution in [0.3, 0.4) is 0 Å². The Morgan fingerprint density at radius 3 is 3.07 bits per heavy atom. The molecule has 0 amide bonds. The first-order valence-electron chi connectivity index (χ1n) is 9.19. The number of fused-ring (bicyclic) bond motifs is 2. The summed E-state index contributed by atoms with van der Waals surface area (Å²) in [5.41, 5.74) is 3.57. The lowest BCUT2D eigenvalue weighted by molar-refractivity contribution is 0.335. The molecule has 28 heavy (non-hydrogen) atoms. The first kappa shape index (κ1) is 17.4. The molecule has 142 valence electrons. The molecule has 2 atom stereocenters. The van der Waals surface area contributed by atoms with Gasteiger partial charge in [0.25, 0.3) is 0 Å². The molecule has 0 radical (unpaired) electrons. The van der Waals surface area contributed by atoms with Crippen LogP contribution in [-0.2, 0) is 13.0 Å². The fourth-order valence-electron chi connectivity index (χ4n) is 3.63. The SMILES string of the molecule is Fc1ccccc1C1=CC(=NCc2ccc3c(c2)CCO3)N2N=CC(Br)C2N1. The fourth-order valence-corrected chi connectivity index (χ4v) is 4.09. The van der Waals surface area contributed by atoms with Gasteiger partial charge in [-0.15, -0.1) is 0 Å². The number of alkyl halides is 1. The number of aliphatic imine (C=N–C) groups is 1. The van der Waals surface area contributed by atoms with Crippen molar-refractivity contribution in [2.45, 2.75) is 24.0 Å². The minimum Gasteiger partial charge on any atom is -0.493 e. The van der Waals surface area contributed by atoms with E-state index in [1.54, 1.807) is 12.1 Å². The molecule has 5 rings (SSSR count). The summed E-state index contributed by atoms with van der Waals surface area (Å²) in [6, 6.07) is 12.9. The molecule has 1 N–H and O–H groups in total. The number of nitrogens with one attached hydrogen (secondary N) is 1. The van der Waals surface area contributed by atoms with E-state index in [0.29, 0.717) is 23.6 Å². The van der Waals surface area contributed by atoms with Gasteiger partial charge in [-0.2, -0.15) is 5.10 Å². The average Bonchev–Trinajstić information content (AvgIpc) is 3.33. The predicted octanol–water partition coefficient (Wildman–Crippen LogP) is 3.69. The van der Waals surface area contributed by atoms with Crippen LogP contribution < -0.4 is 10.1 Å². The highest BCUT2D eigenvalue weighted by Gasteiger charge is 2.35. The average molecular weight is 441 g/mol. The molecule has 0 aromatic heterocycles. The van der Waals surface area contributed by atoms with E-state index >= 15 is 0 Å².